The van der Waals surface area contributed by atoms with Gasteiger partial charge in [0, 0.05) is 6.42 Å². The predicted octanol–water partition coefficient (Wildman–Crippen LogP) is 2.03. The smallest absolute Gasteiger partial charge is 0.250 e. The van der Waals surface area contributed by atoms with Crippen LogP contribution in [0.3, 0.4) is 0 Å². The van der Waals surface area contributed by atoms with E-state index >= 15 is 0 Å². The zero-order chi connectivity index (χ0) is 14.9. The fourth-order valence-electron chi connectivity index (χ4n) is 2.22. The Morgan fingerprint density at radius 2 is 2.19 bits per heavy atom. The topological polar surface area (TPSA) is 77.2 Å². The van der Waals surface area contributed by atoms with Crippen molar-refractivity contribution < 1.29 is 9.53 Å². The van der Waals surface area contributed by atoms with E-state index in [0.717, 1.165) is 22.6 Å². The minimum Gasteiger partial charge on any atom is -0.375 e. The molecule has 0 bridgehead atoms. The number of benzene rings is 1. The fourth-order valence-corrected chi connectivity index (χ4v) is 3.16. The first-order valence-corrected chi connectivity index (χ1v) is 7.61. The number of nitrogens with zero attached hydrogens (tertiary/aromatic N) is 1. The highest BCUT2D eigenvalue weighted by Gasteiger charge is 2.31. The highest BCUT2D eigenvalue weighted by Crippen LogP contribution is 2.28. The van der Waals surface area contributed by atoms with Gasteiger partial charge in [0.15, 0.2) is 5.13 Å². The number of nitrogens with two attached hydrogens (primary N) is 1. The first-order chi connectivity index (χ1) is 10.1. The van der Waals surface area contributed by atoms with Crippen molar-refractivity contribution in [2.24, 2.45) is 5.73 Å². The normalized spacial score (nSPS) is 16.9. The average Bonchev–Trinajstić information content (AvgIpc) is 2.90. The summed E-state index contributed by atoms with van der Waals surface area (Å²) in [4.78, 5) is 18.0. The Kier molecular flexibility index (Phi) is 3.75. The van der Waals surface area contributed by atoms with Crippen LogP contribution in [0.2, 0.25) is 0 Å². The molecule has 5 nitrogen and oxygen atoms in total. The second-order valence-corrected chi connectivity index (χ2v) is 6.30. The number of amides is 1. The highest BCUT2D eigenvalue weighted by atomic mass is 32.1. The van der Waals surface area contributed by atoms with Gasteiger partial charge in [-0.15, -0.1) is 0 Å². The first-order valence-electron chi connectivity index (χ1n) is 6.79. The molecule has 6 heteroatoms. The van der Waals surface area contributed by atoms with Crippen LogP contribution in [-0.2, 0) is 28.1 Å². The van der Waals surface area contributed by atoms with Gasteiger partial charge in [-0.2, -0.15) is 0 Å². The highest BCUT2D eigenvalue weighted by molar-refractivity contribution is 7.15. The van der Waals surface area contributed by atoms with Gasteiger partial charge in [-0.3, -0.25) is 4.79 Å². The zero-order valence-corrected chi connectivity index (χ0v) is 12.6. The molecule has 1 aromatic carbocycles. The Bertz CT molecular complexity index is 629. The van der Waals surface area contributed by atoms with E-state index in [-0.39, 0.29) is 5.91 Å². The summed E-state index contributed by atoms with van der Waals surface area (Å²) in [5, 5.41) is 3.41. The number of rotatable bonds is 3. The van der Waals surface area contributed by atoms with E-state index in [2.05, 4.69) is 10.3 Å². The summed E-state index contributed by atoms with van der Waals surface area (Å²) in [5.74, 6) is -0.263. The van der Waals surface area contributed by atoms with E-state index in [9.17, 15) is 4.79 Å². The number of hydrogen-bond acceptors (Lipinski definition) is 5. The zero-order valence-electron chi connectivity index (χ0n) is 11.8. The molecule has 0 saturated heterocycles. The second kappa shape index (κ2) is 5.55. The third-order valence-corrected chi connectivity index (χ3v) is 4.55. The first kappa shape index (κ1) is 14.2. The van der Waals surface area contributed by atoms with Crippen LogP contribution in [0.25, 0.3) is 0 Å². The average molecular weight is 303 g/mol. The molecule has 0 saturated carbocycles. The standard InChI is InChI=1S/C15H17N3O2S/c1-15(16,10-5-3-2-4-6-10)13(19)18-14-17-11-7-8-20-9-12(11)21-14/h2-6H,7-9,16H2,1H3,(H,17,18,19). The molecule has 0 aliphatic carbocycles. The van der Waals surface area contributed by atoms with Crippen molar-refractivity contribution in [2.75, 3.05) is 11.9 Å². The minimum atomic E-state index is -1.09. The molecule has 2 heterocycles. The number of anilines is 1. The van der Waals surface area contributed by atoms with Crippen molar-refractivity contribution >= 4 is 22.4 Å². The van der Waals surface area contributed by atoms with Gasteiger partial charge in [0.05, 0.1) is 23.8 Å². The number of aromatic nitrogens is 1. The Hall–Kier alpha value is -1.76. The number of carbonyl (C=O) groups excluding carboxylic acids is 1. The van der Waals surface area contributed by atoms with Crippen LogP contribution in [0.5, 0.6) is 0 Å². The van der Waals surface area contributed by atoms with Crippen LogP contribution < -0.4 is 11.1 Å². The molecule has 1 unspecified atom stereocenters. The molecule has 110 valence electrons. The van der Waals surface area contributed by atoms with Crippen LogP contribution in [0.15, 0.2) is 30.3 Å². The molecule has 0 spiro atoms. The molecule has 1 amide bonds. The fraction of sp³-hybridized carbons (Fsp3) is 0.333. The molecule has 0 fully saturated rings. The lowest BCUT2D eigenvalue weighted by Crippen LogP contribution is -2.45. The predicted molar refractivity (Wildman–Crippen MR) is 82.1 cm³/mol. The maximum Gasteiger partial charge on any atom is 0.250 e. The van der Waals surface area contributed by atoms with Crippen LogP contribution >= 0.6 is 11.3 Å². The number of fused-ring (bicyclic) bond motifs is 1. The van der Waals surface area contributed by atoms with E-state index in [1.807, 2.05) is 30.3 Å². The Labute approximate surface area is 127 Å². The van der Waals surface area contributed by atoms with Gasteiger partial charge in [0.25, 0.3) is 5.91 Å². The van der Waals surface area contributed by atoms with Crippen molar-refractivity contribution in [1.82, 2.24) is 4.98 Å². The molecular weight excluding hydrogens is 286 g/mol. The van der Waals surface area contributed by atoms with Gasteiger partial charge < -0.3 is 15.8 Å². The Morgan fingerprint density at radius 1 is 1.43 bits per heavy atom. The van der Waals surface area contributed by atoms with Crippen LogP contribution in [0, 0.1) is 0 Å². The van der Waals surface area contributed by atoms with Crippen molar-refractivity contribution in [3.63, 3.8) is 0 Å². The minimum absolute atomic E-state index is 0.263. The number of ether oxygens (including phenoxy) is 1. The summed E-state index contributed by atoms with van der Waals surface area (Å²) in [6.07, 6.45) is 0.792. The third kappa shape index (κ3) is 2.83. The molecule has 0 radical (unpaired) electrons. The van der Waals surface area contributed by atoms with E-state index in [1.165, 1.54) is 11.3 Å². The SMILES string of the molecule is CC(N)(C(=O)Nc1nc2c(s1)COCC2)c1ccccc1. The van der Waals surface area contributed by atoms with E-state index < -0.39 is 5.54 Å². The number of hydrogen-bond donors (Lipinski definition) is 2. The maximum atomic E-state index is 12.4. The Balaban J connectivity index is 1.78. The van der Waals surface area contributed by atoms with Crippen LogP contribution in [0.1, 0.15) is 23.1 Å². The molecule has 1 atom stereocenters. The van der Waals surface area contributed by atoms with Crippen LogP contribution in [-0.4, -0.2) is 17.5 Å². The molecule has 1 aromatic heterocycles. The quantitative estimate of drug-likeness (QED) is 0.909. The van der Waals surface area contributed by atoms with E-state index in [4.69, 9.17) is 10.5 Å². The molecular formula is C15H17N3O2S. The summed E-state index contributed by atoms with van der Waals surface area (Å²) in [7, 11) is 0. The van der Waals surface area contributed by atoms with Gasteiger partial charge in [0.1, 0.15) is 5.54 Å². The molecule has 1 aliphatic heterocycles. The van der Waals surface area contributed by atoms with Gasteiger partial charge in [-0.1, -0.05) is 41.7 Å². The lowest BCUT2D eigenvalue weighted by molar-refractivity contribution is -0.120. The lowest BCUT2D eigenvalue weighted by atomic mass is 9.92. The Morgan fingerprint density at radius 3 is 2.90 bits per heavy atom. The maximum absolute atomic E-state index is 12.4. The van der Waals surface area contributed by atoms with Gasteiger partial charge in [0.2, 0.25) is 0 Å². The molecule has 2 aromatic rings. The number of nitrogens with one attached hydrogen (secondary N) is 1. The summed E-state index contributed by atoms with van der Waals surface area (Å²) < 4.78 is 5.38. The summed E-state index contributed by atoms with van der Waals surface area (Å²) in [6, 6.07) is 9.33. The number of carbonyl (C=O) groups is 1. The van der Waals surface area contributed by atoms with E-state index in [0.29, 0.717) is 18.3 Å². The second-order valence-electron chi connectivity index (χ2n) is 5.21. The van der Waals surface area contributed by atoms with Crippen molar-refractivity contribution in [3.05, 3.63) is 46.5 Å². The van der Waals surface area contributed by atoms with Crippen LogP contribution in [0.4, 0.5) is 5.13 Å². The van der Waals surface area contributed by atoms with Gasteiger partial charge in [-0.25, -0.2) is 4.98 Å². The lowest BCUT2D eigenvalue weighted by Gasteiger charge is -2.23. The van der Waals surface area contributed by atoms with E-state index in [1.54, 1.807) is 6.92 Å². The number of thiazole rings is 1. The molecule has 1 aliphatic rings. The summed E-state index contributed by atoms with van der Waals surface area (Å²) in [6.45, 7) is 2.96. The summed E-state index contributed by atoms with van der Waals surface area (Å²) >= 11 is 1.45. The monoisotopic (exact) mass is 303 g/mol. The third-order valence-electron chi connectivity index (χ3n) is 3.56. The van der Waals surface area contributed by atoms with Gasteiger partial charge in [-0.05, 0) is 12.5 Å². The molecule has 3 rings (SSSR count). The summed E-state index contributed by atoms with van der Waals surface area (Å²) in [5.41, 5.74) is 6.88. The molecule has 21 heavy (non-hydrogen) atoms. The van der Waals surface area contributed by atoms with Crippen molar-refractivity contribution in [3.8, 4) is 0 Å². The van der Waals surface area contributed by atoms with Crippen molar-refractivity contribution in [2.45, 2.75) is 25.5 Å². The van der Waals surface area contributed by atoms with Gasteiger partial charge >= 0.3 is 0 Å². The molecule has 3 N–H and O–H groups in total. The largest absolute Gasteiger partial charge is 0.375 e. The van der Waals surface area contributed by atoms with Crippen molar-refractivity contribution in [1.29, 1.82) is 0 Å².